The van der Waals surface area contributed by atoms with Gasteiger partial charge in [0.15, 0.2) is 0 Å². The molecule has 0 saturated carbocycles. The van der Waals surface area contributed by atoms with Crippen molar-refractivity contribution in [2.75, 3.05) is 56.7 Å². The number of rotatable bonds is 7. The molecular formula is C18H30N4OS. The van der Waals surface area contributed by atoms with Gasteiger partial charge in [0.05, 0.1) is 12.3 Å². The van der Waals surface area contributed by atoms with E-state index in [1.54, 1.807) is 0 Å². The summed E-state index contributed by atoms with van der Waals surface area (Å²) in [5, 5.41) is 3.60. The minimum atomic E-state index is 0.616. The molecule has 0 radical (unpaired) electrons. The molecule has 1 saturated heterocycles. The standard InChI is InChI=1S/C18H30N4OS/c1-14-20-17-5-9-22(7-3-11-24-2)8-4-16(17)18(21-14)19-12-15-6-10-23-13-15/h15H,3-13H2,1-2H3,(H,19,20,21). The average Bonchev–Trinajstić information content (AvgIpc) is 3.01. The number of hydrogen-bond donors (Lipinski definition) is 1. The Bertz CT molecular complexity index is 534. The lowest BCUT2D eigenvalue weighted by atomic mass is 10.1. The van der Waals surface area contributed by atoms with Crippen LogP contribution in [0, 0.1) is 12.8 Å². The molecule has 0 aromatic carbocycles. The van der Waals surface area contributed by atoms with Crippen molar-refractivity contribution in [3.63, 3.8) is 0 Å². The van der Waals surface area contributed by atoms with E-state index in [9.17, 15) is 0 Å². The first-order valence-electron chi connectivity index (χ1n) is 9.15. The molecule has 3 rings (SSSR count). The summed E-state index contributed by atoms with van der Waals surface area (Å²) in [6.45, 7) is 8.18. The number of anilines is 1. The fourth-order valence-corrected chi connectivity index (χ4v) is 3.97. The fourth-order valence-electron chi connectivity index (χ4n) is 3.56. The SMILES string of the molecule is CSCCCN1CCc2nc(C)nc(NCC3CCOC3)c2CC1. The highest BCUT2D eigenvalue weighted by Gasteiger charge is 2.21. The zero-order valence-electron chi connectivity index (χ0n) is 15.0. The van der Waals surface area contributed by atoms with Gasteiger partial charge in [0, 0.05) is 44.1 Å². The third kappa shape index (κ3) is 4.83. The predicted molar refractivity (Wildman–Crippen MR) is 101 cm³/mol. The second-order valence-electron chi connectivity index (χ2n) is 6.84. The Hall–Kier alpha value is -0.850. The number of fused-ring (bicyclic) bond motifs is 1. The van der Waals surface area contributed by atoms with Gasteiger partial charge in [-0.1, -0.05) is 0 Å². The second kappa shape index (κ2) is 9.02. The van der Waals surface area contributed by atoms with Crippen LogP contribution in [0.2, 0.25) is 0 Å². The molecule has 3 heterocycles. The largest absolute Gasteiger partial charge is 0.381 e. The summed E-state index contributed by atoms with van der Waals surface area (Å²) in [4.78, 5) is 12.0. The summed E-state index contributed by atoms with van der Waals surface area (Å²) in [7, 11) is 0. The van der Waals surface area contributed by atoms with Crippen LogP contribution in [0.1, 0.15) is 29.9 Å². The fraction of sp³-hybridized carbons (Fsp3) is 0.778. The maximum Gasteiger partial charge on any atom is 0.133 e. The number of hydrogen-bond acceptors (Lipinski definition) is 6. The number of ether oxygens (including phenoxy) is 1. The Balaban J connectivity index is 1.64. The van der Waals surface area contributed by atoms with Crippen LogP contribution in [-0.2, 0) is 17.6 Å². The van der Waals surface area contributed by atoms with E-state index in [1.807, 2.05) is 18.7 Å². The van der Waals surface area contributed by atoms with Gasteiger partial charge in [-0.3, -0.25) is 0 Å². The lowest BCUT2D eigenvalue weighted by Gasteiger charge is -2.19. The molecule has 1 N–H and O–H groups in total. The molecule has 1 unspecified atom stereocenters. The van der Waals surface area contributed by atoms with Crippen LogP contribution < -0.4 is 5.32 Å². The van der Waals surface area contributed by atoms with Gasteiger partial charge in [0.2, 0.25) is 0 Å². The van der Waals surface area contributed by atoms with Gasteiger partial charge in [0.1, 0.15) is 11.6 Å². The highest BCUT2D eigenvalue weighted by atomic mass is 32.2. The summed E-state index contributed by atoms with van der Waals surface area (Å²) in [5.41, 5.74) is 2.59. The topological polar surface area (TPSA) is 50.3 Å². The van der Waals surface area contributed by atoms with Crippen molar-refractivity contribution in [2.24, 2.45) is 5.92 Å². The van der Waals surface area contributed by atoms with Crippen molar-refractivity contribution < 1.29 is 4.74 Å². The molecule has 134 valence electrons. The summed E-state index contributed by atoms with van der Waals surface area (Å²) in [6, 6.07) is 0. The van der Waals surface area contributed by atoms with E-state index in [-0.39, 0.29) is 0 Å². The van der Waals surface area contributed by atoms with E-state index in [1.165, 1.54) is 30.0 Å². The average molecular weight is 351 g/mol. The molecule has 24 heavy (non-hydrogen) atoms. The van der Waals surface area contributed by atoms with Crippen molar-refractivity contribution in [1.82, 2.24) is 14.9 Å². The molecule has 1 fully saturated rings. The molecule has 0 aliphatic carbocycles. The first-order chi connectivity index (χ1) is 11.8. The van der Waals surface area contributed by atoms with E-state index in [0.717, 1.165) is 63.8 Å². The summed E-state index contributed by atoms with van der Waals surface area (Å²) < 4.78 is 5.48. The molecule has 1 atom stereocenters. The normalized spacial score (nSPS) is 21.5. The highest BCUT2D eigenvalue weighted by molar-refractivity contribution is 7.98. The first-order valence-corrected chi connectivity index (χ1v) is 10.5. The number of nitrogens with one attached hydrogen (secondary N) is 1. The molecule has 6 heteroatoms. The van der Waals surface area contributed by atoms with Crippen molar-refractivity contribution >= 4 is 17.6 Å². The minimum absolute atomic E-state index is 0.616. The molecular weight excluding hydrogens is 320 g/mol. The molecule has 0 bridgehead atoms. The molecule has 0 spiro atoms. The van der Waals surface area contributed by atoms with Gasteiger partial charge < -0.3 is 15.0 Å². The predicted octanol–water partition coefficient (Wildman–Crippen LogP) is 2.39. The van der Waals surface area contributed by atoms with Crippen LogP contribution >= 0.6 is 11.8 Å². The van der Waals surface area contributed by atoms with E-state index in [0.29, 0.717) is 5.92 Å². The number of aromatic nitrogens is 2. The van der Waals surface area contributed by atoms with Crippen molar-refractivity contribution in [3.05, 3.63) is 17.1 Å². The molecule has 2 aliphatic rings. The molecule has 1 aromatic rings. The van der Waals surface area contributed by atoms with E-state index in [2.05, 4.69) is 16.5 Å². The first kappa shape index (κ1) is 18.0. The molecule has 5 nitrogen and oxygen atoms in total. The summed E-state index contributed by atoms with van der Waals surface area (Å²) in [6.07, 6.45) is 6.71. The van der Waals surface area contributed by atoms with E-state index in [4.69, 9.17) is 14.7 Å². The third-order valence-corrected chi connectivity index (χ3v) is 5.65. The molecule has 1 aromatic heterocycles. The minimum Gasteiger partial charge on any atom is -0.381 e. The number of aryl methyl sites for hydroxylation is 1. The third-order valence-electron chi connectivity index (χ3n) is 4.95. The van der Waals surface area contributed by atoms with Crippen molar-refractivity contribution in [1.29, 1.82) is 0 Å². The summed E-state index contributed by atoms with van der Waals surface area (Å²) in [5.74, 6) is 3.81. The Morgan fingerprint density at radius 3 is 2.96 bits per heavy atom. The van der Waals surface area contributed by atoms with Gasteiger partial charge in [-0.15, -0.1) is 0 Å². The van der Waals surface area contributed by atoms with Gasteiger partial charge in [-0.05, 0) is 44.7 Å². The van der Waals surface area contributed by atoms with Crippen LogP contribution in [0.15, 0.2) is 0 Å². The van der Waals surface area contributed by atoms with Crippen LogP contribution in [0.25, 0.3) is 0 Å². The maximum absolute atomic E-state index is 5.48. The lowest BCUT2D eigenvalue weighted by molar-refractivity contribution is 0.187. The second-order valence-corrected chi connectivity index (χ2v) is 7.83. The maximum atomic E-state index is 5.48. The van der Waals surface area contributed by atoms with Crippen molar-refractivity contribution in [2.45, 2.75) is 32.6 Å². The Labute approximate surface area is 150 Å². The van der Waals surface area contributed by atoms with E-state index < -0.39 is 0 Å². The Kier molecular flexibility index (Phi) is 6.75. The molecule has 2 aliphatic heterocycles. The zero-order valence-corrected chi connectivity index (χ0v) is 15.8. The van der Waals surface area contributed by atoms with Gasteiger partial charge in [-0.2, -0.15) is 11.8 Å². The smallest absolute Gasteiger partial charge is 0.133 e. The Morgan fingerprint density at radius 1 is 1.29 bits per heavy atom. The van der Waals surface area contributed by atoms with Gasteiger partial charge in [-0.25, -0.2) is 9.97 Å². The zero-order chi connectivity index (χ0) is 16.8. The quantitative estimate of drug-likeness (QED) is 0.762. The van der Waals surface area contributed by atoms with Gasteiger partial charge >= 0.3 is 0 Å². The highest BCUT2D eigenvalue weighted by Crippen LogP contribution is 2.23. The van der Waals surface area contributed by atoms with Crippen LogP contribution in [0.4, 0.5) is 5.82 Å². The van der Waals surface area contributed by atoms with Gasteiger partial charge in [0.25, 0.3) is 0 Å². The monoisotopic (exact) mass is 350 g/mol. The molecule has 0 amide bonds. The van der Waals surface area contributed by atoms with E-state index >= 15 is 0 Å². The van der Waals surface area contributed by atoms with Crippen LogP contribution in [-0.4, -0.2) is 66.3 Å². The summed E-state index contributed by atoms with van der Waals surface area (Å²) >= 11 is 1.94. The number of nitrogens with zero attached hydrogens (tertiary/aromatic N) is 3. The van der Waals surface area contributed by atoms with Crippen molar-refractivity contribution in [3.8, 4) is 0 Å². The Morgan fingerprint density at radius 2 is 2.17 bits per heavy atom. The van der Waals surface area contributed by atoms with Crippen LogP contribution in [0.5, 0.6) is 0 Å². The lowest BCUT2D eigenvalue weighted by Crippen LogP contribution is -2.28. The van der Waals surface area contributed by atoms with Crippen LogP contribution in [0.3, 0.4) is 0 Å². The number of thioether (sulfide) groups is 1.